The number of benzene rings is 1. The van der Waals surface area contributed by atoms with Gasteiger partial charge in [-0.05, 0) is 18.2 Å². The van der Waals surface area contributed by atoms with Crippen LogP contribution in [-0.4, -0.2) is 40.0 Å². The van der Waals surface area contributed by atoms with Crippen molar-refractivity contribution in [3.63, 3.8) is 0 Å². The maximum atomic E-state index is 5.59. The van der Waals surface area contributed by atoms with E-state index in [-0.39, 0.29) is 5.60 Å². The first-order valence-electron chi connectivity index (χ1n) is 5.70. The SMILES string of the molecule is COc1ccc(OC)c(CC2(OC)CNC2)c1. The van der Waals surface area contributed by atoms with Crippen molar-refractivity contribution in [1.29, 1.82) is 0 Å². The van der Waals surface area contributed by atoms with E-state index in [1.54, 1.807) is 21.3 Å². The molecular formula is C13H19NO3. The molecule has 0 aromatic heterocycles. The van der Waals surface area contributed by atoms with Crippen LogP contribution in [0.5, 0.6) is 11.5 Å². The summed E-state index contributed by atoms with van der Waals surface area (Å²) in [4.78, 5) is 0. The third-order valence-corrected chi connectivity index (χ3v) is 3.33. The summed E-state index contributed by atoms with van der Waals surface area (Å²) in [6.07, 6.45) is 0.830. The molecule has 2 rings (SSSR count). The monoisotopic (exact) mass is 237 g/mol. The van der Waals surface area contributed by atoms with Gasteiger partial charge in [0.1, 0.15) is 11.5 Å². The second-order valence-corrected chi connectivity index (χ2v) is 4.35. The predicted molar refractivity (Wildman–Crippen MR) is 65.9 cm³/mol. The van der Waals surface area contributed by atoms with Crippen LogP contribution in [-0.2, 0) is 11.2 Å². The van der Waals surface area contributed by atoms with Gasteiger partial charge >= 0.3 is 0 Å². The van der Waals surface area contributed by atoms with E-state index in [0.29, 0.717) is 0 Å². The van der Waals surface area contributed by atoms with Gasteiger partial charge in [-0.2, -0.15) is 0 Å². The van der Waals surface area contributed by atoms with E-state index in [0.717, 1.165) is 36.6 Å². The van der Waals surface area contributed by atoms with E-state index >= 15 is 0 Å². The smallest absolute Gasteiger partial charge is 0.122 e. The normalized spacial score (nSPS) is 17.4. The molecule has 1 fully saturated rings. The van der Waals surface area contributed by atoms with E-state index in [1.807, 2.05) is 18.2 Å². The van der Waals surface area contributed by atoms with Gasteiger partial charge in [0, 0.05) is 32.2 Å². The average molecular weight is 237 g/mol. The van der Waals surface area contributed by atoms with Gasteiger partial charge in [-0.25, -0.2) is 0 Å². The van der Waals surface area contributed by atoms with E-state index in [9.17, 15) is 0 Å². The van der Waals surface area contributed by atoms with Crippen molar-refractivity contribution in [1.82, 2.24) is 5.32 Å². The fourth-order valence-corrected chi connectivity index (χ4v) is 2.11. The molecule has 1 N–H and O–H groups in total. The van der Waals surface area contributed by atoms with Gasteiger partial charge in [-0.15, -0.1) is 0 Å². The Kier molecular flexibility index (Phi) is 3.54. The molecule has 1 aliphatic rings. The van der Waals surface area contributed by atoms with Crippen molar-refractivity contribution in [2.24, 2.45) is 0 Å². The third-order valence-electron chi connectivity index (χ3n) is 3.33. The molecule has 94 valence electrons. The van der Waals surface area contributed by atoms with Crippen molar-refractivity contribution >= 4 is 0 Å². The molecule has 0 unspecified atom stereocenters. The van der Waals surface area contributed by atoms with E-state index < -0.39 is 0 Å². The zero-order valence-corrected chi connectivity index (χ0v) is 10.6. The zero-order valence-electron chi connectivity index (χ0n) is 10.6. The number of rotatable bonds is 5. The molecule has 0 spiro atoms. The lowest BCUT2D eigenvalue weighted by Crippen LogP contribution is -2.61. The number of methoxy groups -OCH3 is 3. The molecule has 0 bridgehead atoms. The van der Waals surface area contributed by atoms with Crippen LogP contribution < -0.4 is 14.8 Å². The van der Waals surface area contributed by atoms with Crippen LogP contribution in [0.2, 0.25) is 0 Å². The molecule has 1 aromatic carbocycles. The summed E-state index contributed by atoms with van der Waals surface area (Å²) >= 11 is 0. The number of hydrogen-bond acceptors (Lipinski definition) is 4. The summed E-state index contributed by atoms with van der Waals surface area (Å²) in [6, 6.07) is 5.85. The first-order valence-corrected chi connectivity index (χ1v) is 5.70. The Bertz CT molecular complexity index is 383. The fourth-order valence-electron chi connectivity index (χ4n) is 2.11. The van der Waals surface area contributed by atoms with Gasteiger partial charge in [0.15, 0.2) is 0 Å². The topological polar surface area (TPSA) is 39.7 Å². The molecule has 1 saturated heterocycles. The molecule has 4 nitrogen and oxygen atoms in total. The molecule has 1 heterocycles. The van der Waals surface area contributed by atoms with Gasteiger partial charge in [0.05, 0.1) is 19.8 Å². The van der Waals surface area contributed by atoms with Crippen LogP contribution in [0.15, 0.2) is 18.2 Å². The average Bonchev–Trinajstić information content (AvgIpc) is 2.33. The maximum absolute atomic E-state index is 5.59. The Labute approximate surface area is 102 Å². The van der Waals surface area contributed by atoms with Gasteiger partial charge in [0.2, 0.25) is 0 Å². The van der Waals surface area contributed by atoms with Gasteiger partial charge in [0.25, 0.3) is 0 Å². The lowest BCUT2D eigenvalue weighted by molar-refractivity contribution is -0.0505. The van der Waals surface area contributed by atoms with Crippen molar-refractivity contribution in [3.05, 3.63) is 23.8 Å². The number of nitrogens with one attached hydrogen (secondary N) is 1. The second-order valence-electron chi connectivity index (χ2n) is 4.35. The highest BCUT2D eigenvalue weighted by atomic mass is 16.5. The molecule has 0 amide bonds. The molecule has 0 atom stereocenters. The summed E-state index contributed by atoms with van der Waals surface area (Å²) in [7, 11) is 5.11. The summed E-state index contributed by atoms with van der Waals surface area (Å²) < 4.78 is 16.2. The minimum absolute atomic E-state index is 0.0976. The highest BCUT2D eigenvalue weighted by Gasteiger charge is 2.37. The van der Waals surface area contributed by atoms with Crippen molar-refractivity contribution in [3.8, 4) is 11.5 Å². The van der Waals surface area contributed by atoms with Crippen molar-refractivity contribution in [2.75, 3.05) is 34.4 Å². The third kappa shape index (κ3) is 2.37. The van der Waals surface area contributed by atoms with Crippen LogP contribution in [0, 0.1) is 0 Å². The Balaban J connectivity index is 2.23. The molecular weight excluding hydrogens is 218 g/mol. The van der Waals surface area contributed by atoms with E-state index in [1.165, 1.54) is 0 Å². The van der Waals surface area contributed by atoms with Gasteiger partial charge < -0.3 is 19.5 Å². The zero-order chi connectivity index (χ0) is 12.3. The molecule has 0 aliphatic carbocycles. The van der Waals surface area contributed by atoms with E-state index in [4.69, 9.17) is 14.2 Å². The van der Waals surface area contributed by atoms with Crippen LogP contribution in [0.1, 0.15) is 5.56 Å². The standard InChI is InChI=1S/C13H19NO3/c1-15-11-4-5-12(16-2)10(6-11)7-13(17-3)8-14-9-13/h4-6,14H,7-9H2,1-3H3. The fraction of sp³-hybridized carbons (Fsp3) is 0.538. The quantitative estimate of drug-likeness (QED) is 0.836. The molecule has 0 saturated carbocycles. The summed E-state index contributed by atoms with van der Waals surface area (Å²) in [5, 5.41) is 3.24. The van der Waals surface area contributed by atoms with Crippen LogP contribution in [0.3, 0.4) is 0 Å². The first kappa shape index (κ1) is 12.2. The second kappa shape index (κ2) is 4.94. The maximum Gasteiger partial charge on any atom is 0.122 e. The van der Waals surface area contributed by atoms with Crippen LogP contribution >= 0.6 is 0 Å². The summed E-state index contributed by atoms with van der Waals surface area (Å²) in [5.41, 5.74) is 1.02. The number of ether oxygens (including phenoxy) is 3. The highest BCUT2D eigenvalue weighted by molar-refractivity contribution is 5.41. The summed E-state index contributed by atoms with van der Waals surface area (Å²) in [5.74, 6) is 1.73. The lowest BCUT2D eigenvalue weighted by atomic mass is 9.88. The Morgan fingerprint density at radius 3 is 2.41 bits per heavy atom. The van der Waals surface area contributed by atoms with Gasteiger partial charge in [-0.3, -0.25) is 0 Å². The molecule has 1 aromatic rings. The Morgan fingerprint density at radius 2 is 1.94 bits per heavy atom. The first-order chi connectivity index (χ1) is 8.23. The van der Waals surface area contributed by atoms with Crippen LogP contribution in [0.4, 0.5) is 0 Å². The highest BCUT2D eigenvalue weighted by Crippen LogP contribution is 2.30. The molecule has 17 heavy (non-hydrogen) atoms. The largest absolute Gasteiger partial charge is 0.497 e. The van der Waals surface area contributed by atoms with Gasteiger partial charge in [-0.1, -0.05) is 0 Å². The number of hydrogen-bond donors (Lipinski definition) is 1. The molecule has 1 aliphatic heterocycles. The Hall–Kier alpha value is -1.26. The minimum atomic E-state index is -0.0976. The lowest BCUT2D eigenvalue weighted by Gasteiger charge is -2.41. The summed E-state index contributed by atoms with van der Waals surface area (Å²) in [6.45, 7) is 1.76. The van der Waals surface area contributed by atoms with E-state index in [2.05, 4.69) is 5.32 Å². The predicted octanol–water partition coefficient (Wildman–Crippen LogP) is 1.23. The Morgan fingerprint density at radius 1 is 1.18 bits per heavy atom. The van der Waals surface area contributed by atoms with Crippen molar-refractivity contribution in [2.45, 2.75) is 12.0 Å². The van der Waals surface area contributed by atoms with Crippen LogP contribution in [0.25, 0.3) is 0 Å². The molecule has 4 heteroatoms. The molecule has 0 radical (unpaired) electrons. The van der Waals surface area contributed by atoms with Crippen molar-refractivity contribution < 1.29 is 14.2 Å². The minimum Gasteiger partial charge on any atom is -0.497 e.